The van der Waals surface area contributed by atoms with Crippen LogP contribution in [0.15, 0.2) is 40.9 Å². The highest BCUT2D eigenvalue weighted by molar-refractivity contribution is 7.17. The topological polar surface area (TPSA) is 94.5 Å². The van der Waals surface area contributed by atoms with Crippen molar-refractivity contribution in [1.82, 2.24) is 19.8 Å². The summed E-state index contributed by atoms with van der Waals surface area (Å²) >= 11 is 1.43. The van der Waals surface area contributed by atoms with Crippen molar-refractivity contribution < 1.29 is 14.1 Å². The monoisotopic (exact) mass is 383 g/mol. The van der Waals surface area contributed by atoms with E-state index in [-0.39, 0.29) is 0 Å². The second-order valence-corrected chi connectivity index (χ2v) is 7.05. The Morgan fingerprint density at radius 2 is 2.07 bits per heavy atom. The zero-order chi connectivity index (χ0) is 19.0. The Bertz CT molecular complexity index is 1100. The molecule has 0 saturated carbocycles. The second-order valence-electron chi connectivity index (χ2n) is 6.04. The number of nitrogens with one attached hydrogen (secondary N) is 1. The molecular formula is C18H17N5O3S. The molecule has 0 aliphatic heterocycles. The van der Waals surface area contributed by atoms with Crippen LogP contribution in [0.3, 0.4) is 0 Å². The molecule has 1 amide bonds. The van der Waals surface area contributed by atoms with Gasteiger partial charge < -0.3 is 9.26 Å². The van der Waals surface area contributed by atoms with Crippen molar-refractivity contribution in [3.8, 4) is 11.5 Å². The van der Waals surface area contributed by atoms with Crippen LogP contribution in [0.25, 0.3) is 16.5 Å². The summed E-state index contributed by atoms with van der Waals surface area (Å²) in [6.45, 7) is 5.56. The third kappa shape index (κ3) is 3.41. The van der Waals surface area contributed by atoms with Crippen molar-refractivity contribution in [3.63, 3.8) is 0 Å². The minimum absolute atomic E-state index is 0.431. The maximum absolute atomic E-state index is 12.1. The molecule has 0 aliphatic rings. The van der Waals surface area contributed by atoms with Gasteiger partial charge in [0.2, 0.25) is 10.8 Å². The van der Waals surface area contributed by atoms with Gasteiger partial charge in [0.05, 0.1) is 10.6 Å². The van der Waals surface area contributed by atoms with Crippen LogP contribution in [0.1, 0.15) is 29.4 Å². The van der Waals surface area contributed by atoms with E-state index in [1.165, 1.54) is 11.3 Å². The summed E-state index contributed by atoms with van der Waals surface area (Å²) in [7, 11) is 0. The van der Waals surface area contributed by atoms with E-state index in [1.807, 2.05) is 39.0 Å². The van der Waals surface area contributed by atoms with Gasteiger partial charge >= 0.3 is 6.09 Å². The number of ether oxygens (including phenoxy) is 1. The Morgan fingerprint density at radius 3 is 2.74 bits per heavy atom. The molecule has 8 nitrogen and oxygen atoms in total. The number of rotatable bonds is 4. The molecule has 0 bridgehead atoms. The van der Waals surface area contributed by atoms with Gasteiger partial charge in [0.1, 0.15) is 11.9 Å². The van der Waals surface area contributed by atoms with Crippen LogP contribution in [0.4, 0.5) is 10.5 Å². The first kappa shape index (κ1) is 17.2. The van der Waals surface area contributed by atoms with E-state index in [4.69, 9.17) is 9.26 Å². The number of aromatic nitrogens is 4. The number of anilines is 1. The summed E-state index contributed by atoms with van der Waals surface area (Å²) in [6, 6.07) is 11.0. The van der Waals surface area contributed by atoms with Crippen LogP contribution >= 0.6 is 11.3 Å². The lowest BCUT2D eigenvalue weighted by molar-refractivity contribution is 0.122. The predicted octanol–water partition coefficient (Wildman–Crippen LogP) is 4.37. The van der Waals surface area contributed by atoms with E-state index < -0.39 is 12.2 Å². The zero-order valence-corrected chi connectivity index (χ0v) is 15.8. The number of aryl methyl sites for hydroxylation is 2. The summed E-state index contributed by atoms with van der Waals surface area (Å²) in [5.74, 6) is 1.20. The number of carbonyl (C=O) groups is 1. The fourth-order valence-electron chi connectivity index (χ4n) is 2.70. The van der Waals surface area contributed by atoms with Crippen molar-refractivity contribution in [1.29, 1.82) is 0 Å². The normalized spacial score (nSPS) is 12.3. The van der Waals surface area contributed by atoms with Crippen LogP contribution in [-0.4, -0.2) is 25.8 Å². The van der Waals surface area contributed by atoms with Crippen LogP contribution in [0.2, 0.25) is 0 Å². The Hall–Kier alpha value is -3.20. The van der Waals surface area contributed by atoms with Gasteiger partial charge in [0, 0.05) is 11.8 Å². The average molecular weight is 383 g/mol. The Labute approximate surface area is 158 Å². The molecule has 1 atom stereocenters. The summed E-state index contributed by atoms with van der Waals surface area (Å²) in [4.78, 5) is 18.2. The predicted molar refractivity (Wildman–Crippen MR) is 101 cm³/mol. The smallest absolute Gasteiger partial charge is 0.412 e. The second kappa shape index (κ2) is 6.84. The Morgan fingerprint density at radius 1 is 1.30 bits per heavy atom. The molecule has 4 rings (SSSR count). The minimum Gasteiger partial charge on any atom is -0.440 e. The number of thiazole rings is 1. The van der Waals surface area contributed by atoms with Crippen molar-refractivity contribution in [3.05, 3.63) is 52.7 Å². The number of carbonyl (C=O) groups excluding carboxylic acids is 1. The molecule has 9 heteroatoms. The van der Waals surface area contributed by atoms with Crippen molar-refractivity contribution in [2.75, 3.05) is 5.32 Å². The average Bonchev–Trinajstić information content (AvgIpc) is 3.32. The highest BCUT2D eigenvalue weighted by atomic mass is 32.1. The zero-order valence-electron chi connectivity index (χ0n) is 15.0. The number of amides is 1. The maximum atomic E-state index is 12.1. The van der Waals surface area contributed by atoms with Gasteiger partial charge in [-0.2, -0.15) is 4.98 Å². The molecule has 0 fully saturated rings. The van der Waals surface area contributed by atoms with Gasteiger partial charge in [0.15, 0.2) is 5.69 Å². The van der Waals surface area contributed by atoms with Crippen LogP contribution in [-0.2, 0) is 4.74 Å². The molecule has 3 heterocycles. The number of para-hydroxylation sites is 1. The van der Waals surface area contributed by atoms with E-state index in [0.29, 0.717) is 27.9 Å². The van der Waals surface area contributed by atoms with Gasteiger partial charge in [-0.25, -0.2) is 9.31 Å². The maximum Gasteiger partial charge on any atom is 0.412 e. The van der Waals surface area contributed by atoms with Crippen LogP contribution in [0, 0.1) is 13.8 Å². The third-order valence-electron chi connectivity index (χ3n) is 3.98. The minimum atomic E-state index is -0.508. The van der Waals surface area contributed by atoms with E-state index in [0.717, 1.165) is 10.6 Å². The molecule has 0 spiro atoms. The molecule has 27 heavy (non-hydrogen) atoms. The Kier molecular flexibility index (Phi) is 4.36. The quantitative estimate of drug-likeness (QED) is 0.562. The van der Waals surface area contributed by atoms with E-state index in [1.54, 1.807) is 22.7 Å². The van der Waals surface area contributed by atoms with Crippen LogP contribution < -0.4 is 5.32 Å². The number of hydrogen-bond acceptors (Lipinski definition) is 7. The highest BCUT2D eigenvalue weighted by Gasteiger charge is 2.22. The molecule has 1 aromatic carbocycles. The first-order valence-corrected chi connectivity index (χ1v) is 9.15. The lowest BCUT2D eigenvalue weighted by atomic mass is 10.3. The number of hydrogen-bond donors (Lipinski definition) is 1. The van der Waals surface area contributed by atoms with Gasteiger partial charge in [-0.15, -0.1) is 5.10 Å². The van der Waals surface area contributed by atoms with E-state index >= 15 is 0 Å². The fourth-order valence-corrected chi connectivity index (χ4v) is 3.74. The first-order chi connectivity index (χ1) is 13.0. The fraction of sp³-hybridized carbons (Fsp3) is 0.222. The molecular weight excluding hydrogens is 366 g/mol. The van der Waals surface area contributed by atoms with Gasteiger partial charge in [-0.1, -0.05) is 34.7 Å². The summed E-state index contributed by atoms with van der Waals surface area (Å²) < 4.78 is 12.3. The summed E-state index contributed by atoms with van der Waals surface area (Å²) in [6.07, 6.45) is -0.939. The molecule has 0 radical (unpaired) electrons. The molecule has 1 N–H and O–H groups in total. The standard InChI is InChI=1S/C18H17N5O3S/c1-10-9-14(22-26-10)16-20-17-23(21-16)11(2)15(27-17)12(3)25-18(24)19-13-7-5-4-6-8-13/h4-9,12H,1-3H3,(H,19,24). The molecule has 0 aliphatic carbocycles. The van der Waals surface area contributed by atoms with Gasteiger partial charge in [-0.05, 0) is 32.9 Å². The van der Waals surface area contributed by atoms with E-state index in [2.05, 4.69) is 20.6 Å². The number of fused-ring (bicyclic) bond motifs is 1. The van der Waals surface area contributed by atoms with Gasteiger partial charge in [0.25, 0.3) is 0 Å². The highest BCUT2D eigenvalue weighted by Crippen LogP contribution is 2.31. The summed E-state index contributed by atoms with van der Waals surface area (Å²) in [5, 5.41) is 11.1. The lowest BCUT2D eigenvalue weighted by Crippen LogP contribution is -2.16. The Balaban J connectivity index is 1.52. The van der Waals surface area contributed by atoms with Crippen molar-refractivity contribution >= 4 is 28.1 Å². The first-order valence-electron chi connectivity index (χ1n) is 8.33. The molecule has 138 valence electrons. The lowest BCUT2D eigenvalue weighted by Gasteiger charge is -2.13. The van der Waals surface area contributed by atoms with E-state index in [9.17, 15) is 4.79 Å². The third-order valence-corrected chi connectivity index (χ3v) is 5.28. The summed E-state index contributed by atoms with van der Waals surface area (Å²) in [5.41, 5.74) is 2.14. The van der Waals surface area contributed by atoms with Crippen LogP contribution in [0.5, 0.6) is 0 Å². The largest absolute Gasteiger partial charge is 0.440 e. The molecule has 0 saturated heterocycles. The molecule has 1 unspecified atom stereocenters. The van der Waals surface area contributed by atoms with Gasteiger partial charge in [-0.3, -0.25) is 5.32 Å². The number of nitrogens with zero attached hydrogens (tertiary/aromatic N) is 4. The number of benzene rings is 1. The molecule has 3 aromatic heterocycles. The molecule has 4 aromatic rings. The SMILES string of the molecule is Cc1cc(-c2nc3sc(C(C)OC(=O)Nc4ccccc4)c(C)n3n2)no1. The van der Waals surface area contributed by atoms with Crippen molar-refractivity contribution in [2.24, 2.45) is 0 Å². The van der Waals surface area contributed by atoms with Crippen molar-refractivity contribution in [2.45, 2.75) is 26.9 Å².